The van der Waals surface area contributed by atoms with Crippen LogP contribution in [0.1, 0.15) is 44.9 Å². The SMILES string of the molecule is CC(=O)O[C@@H]1Cc2ccccc2[C@@H]1NC(=O)[C@@H](N)C(C)(C)C. The highest BCUT2D eigenvalue weighted by Gasteiger charge is 2.38. The minimum Gasteiger partial charge on any atom is -0.460 e. The van der Waals surface area contributed by atoms with Gasteiger partial charge in [-0.25, -0.2) is 0 Å². The molecule has 3 N–H and O–H groups in total. The van der Waals surface area contributed by atoms with Crippen LogP contribution in [0, 0.1) is 5.41 Å². The van der Waals surface area contributed by atoms with Crippen LogP contribution in [-0.4, -0.2) is 24.0 Å². The topological polar surface area (TPSA) is 81.4 Å². The van der Waals surface area contributed by atoms with Crippen LogP contribution in [0.3, 0.4) is 0 Å². The molecule has 1 aliphatic rings. The molecular weight excluding hydrogens is 280 g/mol. The molecule has 22 heavy (non-hydrogen) atoms. The van der Waals surface area contributed by atoms with Gasteiger partial charge < -0.3 is 15.8 Å². The number of ether oxygens (including phenoxy) is 1. The maximum Gasteiger partial charge on any atom is 0.302 e. The number of carbonyl (C=O) groups excluding carboxylic acids is 2. The van der Waals surface area contributed by atoms with Crippen molar-refractivity contribution in [1.29, 1.82) is 0 Å². The minimum absolute atomic E-state index is 0.230. The number of hydrogen-bond acceptors (Lipinski definition) is 4. The van der Waals surface area contributed by atoms with Crippen LogP contribution in [0.5, 0.6) is 0 Å². The quantitative estimate of drug-likeness (QED) is 0.833. The predicted molar refractivity (Wildman–Crippen MR) is 84.0 cm³/mol. The molecule has 0 bridgehead atoms. The van der Waals surface area contributed by atoms with Gasteiger partial charge in [-0.15, -0.1) is 0 Å². The molecule has 0 heterocycles. The molecule has 0 saturated heterocycles. The van der Waals surface area contributed by atoms with Gasteiger partial charge >= 0.3 is 5.97 Å². The molecule has 1 aromatic carbocycles. The lowest BCUT2D eigenvalue weighted by Crippen LogP contribution is -2.50. The van der Waals surface area contributed by atoms with E-state index in [9.17, 15) is 9.59 Å². The lowest BCUT2D eigenvalue weighted by molar-refractivity contribution is -0.148. The number of nitrogens with one attached hydrogen (secondary N) is 1. The zero-order valence-electron chi connectivity index (χ0n) is 13.6. The summed E-state index contributed by atoms with van der Waals surface area (Å²) in [6.07, 6.45) is 0.219. The maximum absolute atomic E-state index is 12.4. The van der Waals surface area contributed by atoms with Crippen LogP contribution < -0.4 is 11.1 Å². The first-order valence-electron chi connectivity index (χ1n) is 7.51. The summed E-state index contributed by atoms with van der Waals surface area (Å²) in [4.78, 5) is 23.7. The lowest BCUT2D eigenvalue weighted by Gasteiger charge is -2.29. The number of amides is 1. The van der Waals surface area contributed by atoms with Gasteiger partial charge in [-0.05, 0) is 16.5 Å². The molecule has 0 saturated carbocycles. The Morgan fingerprint density at radius 3 is 2.55 bits per heavy atom. The average molecular weight is 304 g/mol. The monoisotopic (exact) mass is 304 g/mol. The summed E-state index contributed by atoms with van der Waals surface area (Å²) >= 11 is 0. The smallest absolute Gasteiger partial charge is 0.302 e. The number of fused-ring (bicyclic) bond motifs is 1. The molecule has 0 radical (unpaired) electrons. The first kappa shape index (κ1) is 16.5. The van der Waals surface area contributed by atoms with Gasteiger partial charge in [0.15, 0.2) is 0 Å². The molecule has 0 aromatic heterocycles. The Balaban J connectivity index is 2.21. The summed E-state index contributed by atoms with van der Waals surface area (Å²) in [6.45, 7) is 7.14. The Kier molecular flexibility index (Phi) is 4.56. The molecular formula is C17H24N2O3. The van der Waals surface area contributed by atoms with Crippen LogP contribution in [-0.2, 0) is 20.7 Å². The summed E-state index contributed by atoms with van der Waals surface area (Å²) in [5.74, 6) is -0.580. The average Bonchev–Trinajstić information content (AvgIpc) is 2.74. The highest BCUT2D eigenvalue weighted by atomic mass is 16.5. The van der Waals surface area contributed by atoms with Crippen molar-refractivity contribution in [2.75, 3.05) is 0 Å². The summed E-state index contributed by atoms with van der Waals surface area (Å²) < 4.78 is 5.38. The lowest BCUT2D eigenvalue weighted by atomic mass is 9.86. The van der Waals surface area contributed by atoms with E-state index in [1.165, 1.54) is 6.92 Å². The van der Waals surface area contributed by atoms with Gasteiger partial charge in [-0.3, -0.25) is 9.59 Å². The second-order valence-corrected chi connectivity index (χ2v) is 6.88. The zero-order chi connectivity index (χ0) is 16.5. The molecule has 1 amide bonds. The van der Waals surface area contributed by atoms with Crippen molar-refractivity contribution < 1.29 is 14.3 Å². The number of rotatable bonds is 3. The summed E-state index contributed by atoms with van der Waals surface area (Å²) in [6, 6.07) is 6.82. The maximum atomic E-state index is 12.4. The Bertz CT molecular complexity index is 578. The molecule has 1 aromatic rings. The normalized spacial score (nSPS) is 21.9. The largest absolute Gasteiger partial charge is 0.460 e. The first-order chi connectivity index (χ1) is 10.2. The standard InChI is InChI=1S/C17H24N2O3/c1-10(20)22-13-9-11-7-5-6-8-12(11)14(13)19-16(21)15(18)17(2,3)4/h5-8,13-15H,9,18H2,1-4H3,(H,19,21)/t13-,14+,15-/m1/s1. The van der Waals surface area contributed by atoms with Gasteiger partial charge in [0.1, 0.15) is 6.10 Å². The molecule has 1 aliphatic carbocycles. The van der Waals surface area contributed by atoms with Crippen molar-refractivity contribution in [2.24, 2.45) is 11.1 Å². The second kappa shape index (κ2) is 6.08. The second-order valence-electron chi connectivity index (χ2n) is 6.88. The van der Waals surface area contributed by atoms with E-state index in [0.29, 0.717) is 6.42 Å². The van der Waals surface area contributed by atoms with Gasteiger partial charge in [-0.2, -0.15) is 0 Å². The highest BCUT2D eigenvalue weighted by Crippen LogP contribution is 2.33. The van der Waals surface area contributed by atoms with Gasteiger partial charge in [0, 0.05) is 13.3 Å². The van der Waals surface area contributed by atoms with E-state index < -0.39 is 6.04 Å². The van der Waals surface area contributed by atoms with E-state index in [2.05, 4.69) is 5.32 Å². The van der Waals surface area contributed by atoms with Crippen molar-refractivity contribution in [3.8, 4) is 0 Å². The van der Waals surface area contributed by atoms with E-state index in [4.69, 9.17) is 10.5 Å². The predicted octanol–water partition coefficient (Wildman–Crippen LogP) is 1.71. The third-order valence-corrected chi connectivity index (χ3v) is 4.01. The van der Waals surface area contributed by atoms with Crippen molar-refractivity contribution in [3.63, 3.8) is 0 Å². The molecule has 5 heteroatoms. The molecule has 0 spiro atoms. The molecule has 0 unspecified atom stereocenters. The molecule has 0 fully saturated rings. The summed E-state index contributed by atoms with van der Waals surface area (Å²) in [5, 5.41) is 2.96. The molecule has 3 atom stereocenters. The van der Waals surface area contributed by atoms with Gasteiger partial charge in [0.2, 0.25) is 5.91 Å². The molecule has 0 aliphatic heterocycles. The summed E-state index contributed by atoms with van der Waals surface area (Å²) in [5.41, 5.74) is 7.76. The van der Waals surface area contributed by atoms with Crippen LogP contribution in [0.2, 0.25) is 0 Å². The number of hydrogen-bond donors (Lipinski definition) is 2. The first-order valence-corrected chi connectivity index (χ1v) is 7.51. The zero-order valence-corrected chi connectivity index (χ0v) is 13.6. The summed E-state index contributed by atoms with van der Waals surface area (Å²) in [7, 11) is 0. The fraction of sp³-hybridized carbons (Fsp3) is 0.529. The van der Waals surface area contributed by atoms with Crippen LogP contribution in [0.25, 0.3) is 0 Å². The van der Waals surface area contributed by atoms with Crippen LogP contribution >= 0.6 is 0 Å². The van der Waals surface area contributed by atoms with Crippen molar-refractivity contribution in [3.05, 3.63) is 35.4 Å². The van der Waals surface area contributed by atoms with E-state index in [-0.39, 0.29) is 29.4 Å². The number of esters is 1. The van der Waals surface area contributed by atoms with Crippen molar-refractivity contribution >= 4 is 11.9 Å². The number of carbonyl (C=O) groups is 2. The van der Waals surface area contributed by atoms with E-state index in [1.54, 1.807) is 0 Å². The molecule has 5 nitrogen and oxygen atoms in total. The molecule has 120 valence electrons. The third kappa shape index (κ3) is 3.47. The number of benzene rings is 1. The highest BCUT2D eigenvalue weighted by molar-refractivity contribution is 5.83. The fourth-order valence-corrected chi connectivity index (χ4v) is 2.69. The van der Waals surface area contributed by atoms with E-state index in [0.717, 1.165) is 11.1 Å². The Morgan fingerprint density at radius 2 is 1.95 bits per heavy atom. The Labute approximate surface area is 131 Å². The van der Waals surface area contributed by atoms with Gasteiger partial charge in [0.05, 0.1) is 12.1 Å². The van der Waals surface area contributed by atoms with Crippen LogP contribution in [0.15, 0.2) is 24.3 Å². The Morgan fingerprint density at radius 1 is 1.32 bits per heavy atom. The van der Waals surface area contributed by atoms with E-state index >= 15 is 0 Å². The minimum atomic E-state index is -0.627. The molecule has 2 rings (SSSR count). The van der Waals surface area contributed by atoms with Crippen molar-refractivity contribution in [1.82, 2.24) is 5.32 Å². The third-order valence-electron chi connectivity index (χ3n) is 4.01. The van der Waals surface area contributed by atoms with E-state index in [1.807, 2.05) is 45.0 Å². The van der Waals surface area contributed by atoms with Crippen LogP contribution in [0.4, 0.5) is 0 Å². The number of nitrogens with two attached hydrogens (primary N) is 1. The van der Waals surface area contributed by atoms with Crippen molar-refractivity contribution in [2.45, 2.75) is 52.3 Å². The van der Waals surface area contributed by atoms with Gasteiger partial charge in [0.25, 0.3) is 0 Å². The fourth-order valence-electron chi connectivity index (χ4n) is 2.69. The van der Waals surface area contributed by atoms with Gasteiger partial charge in [-0.1, -0.05) is 45.0 Å². The Hall–Kier alpha value is -1.88.